The normalized spacial score (nSPS) is 14.4. The fraction of sp³-hybridized carbons (Fsp3) is 0.593. The molecule has 3 amide bonds. The summed E-state index contributed by atoms with van der Waals surface area (Å²) < 4.78 is 5.41. The van der Waals surface area contributed by atoms with Crippen LogP contribution in [0.2, 0.25) is 0 Å². The van der Waals surface area contributed by atoms with Crippen molar-refractivity contribution in [2.75, 3.05) is 6.54 Å². The second-order valence-corrected chi connectivity index (χ2v) is 10.8. The van der Waals surface area contributed by atoms with E-state index in [1.807, 2.05) is 65.8 Å². The number of carbonyl (C=O) groups excluding carboxylic acids is 3. The molecule has 0 aromatic heterocycles. The summed E-state index contributed by atoms with van der Waals surface area (Å²) in [6.07, 6.45) is 1.57. The van der Waals surface area contributed by atoms with Crippen molar-refractivity contribution in [3.63, 3.8) is 0 Å². The Bertz CT molecular complexity index is 867. The van der Waals surface area contributed by atoms with Gasteiger partial charge in [0.15, 0.2) is 0 Å². The highest BCUT2D eigenvalue weighted by atomic mass is 16.6. The molecule has 0 fully saturated rings. The molecule has 7 heteroatoms. The standard InChI is InChI=1S/C27H43N3O4/c1-11-17-30(24(32)21(18(3)12-2)28-25(33)34-27(8,9)10)22(23(31)29-26(5,6)7)20-16-14-13-15-19(20)4/h11,13-16,18,21-22H,1,12,17H2,2-10H3,(H,28,33)(H,29,31). The molecule has 0 saturated carbocycles. The van der Waals surface area contributed by atoms with Crippen LogP contribution in [0.5, 0.6) is 0 Å². The average molecular weight is 474 g/mol. The molecule has 0 aliphatic carbocycles. The van der Waals surface area contributed by atoms with E-state index in [2.05, 4.69) is 17.2 Å². The van der Waals surface area contributed by atoms with Crippen molar-refractivity contribution >= 4 is 17.9 Å². The van der Waals surface area contributed by atoms with Gasteiger partial charge in [-0.1, -0.05) is 50.6 Å². The van der Waals surface area contributed by atoms with Gasteiger partial charge >= 0.3 is 6.09 Å². The quantitative estimate of drug-likeness (QED) is 0.499. The van der Waals surface area contributed by atoms with E-state index in [9.17, 15) is 14.4 Å². The summed E-state index contributed by atoms with van der Waals surface area (Å²) in [6, 6.07) is 5.75. The number of aryl methyl sites for hydroxylation is 1. The first-order chi connectivity index (χ1) is 15.6. The Morgan fingerprint density at radius 3 is 2.18 bits per heavy atom. The highest BCUT2D eigenvalue weighted by Gasteiger charge is 2.38. The van der Waals surface area contributed by atoms with Crippen molar-refractivity contribution in [2.24, 2.45) is 5.92 Å². The zero-order valence-corrected chi connectivity index (χ0v) is 22.3. The first-order valence-corrected chi connectivity index (χ1v) is 11.9. The van der Waals surface area contributed by atoms with Crippen molar-refractivity contribution in [3.05, 3.63) is 48.0 Å². The van der Waals surface area contributed by atoms with E-state index in [4.69, 9.17) is 4.74 Å². The first kappa shape index (κ1) is 29.2. The summed E-state index contributed by atoms with van der Waals surface area (Å²) in [7, 11) is 0. The van der Waals surface area contributed by atoms with Gasteiger partial charge in [0.2, 0.25) is 11.8 Å². The highest BCUT2D eigenvalue weighted by Crippen LogP contribution is 2.27. The molecular formula is C27H43N3O4. The molecule has 3 unspecified atom stereocenters. The number of nitrogens with one attached hydrogen (secondary N) is 2. The second kappa shape index (κ2) is 12.0. The van der Waals surface area contributed by atoms with Crippen molar-refractivity contribution in [1.82, 2.24) is 15.5 Å². The van der Waals surface area contributed by atoms with Crippen molar-refractivity contribution < 1.29 is 19.1 Å². The van der Waals surface area contributed by atoms with Gasteiger partial charge in [0.1, 0.15) is 17.7 Å². The van der Waals surface area contributed by atoms with Crippen LogP contribution in [0.25, 0.3) is 0 Å². The molecule has 7 nitrogen and oxygen atoms in total. The van der Waals surface area contributed by atoms with Crippen molar-refractivity contribution in [1.29, 1.82) is 0 Å². The molecule has 0 heterocycles. The summed E-state index contributed by atoms with van der Waals surface area (Å²) in [4.78, 5) is 41.6. The van der Waals surface area contributed by atoms with Crippen LogP contribution in [0.4, 0.5) is 4.79 Å². The van der Waals surface area contributed by atoms with Gasteiger partial charge < -0.3 is 20.3 Å². The molecule has 1 rings (SSSR count). The predicted octanol–water partition coefficient (Wildman–Crippen LogP) is 4.90. The van der Waals surface area contributed by atoms with Gasteiger partial charge in [-0.3, -0.25) is 9.59 Å². The van der Waals surface area contributed by atoms with Gasteiger partial charge in [0.25, 0.3) is 0 Å². The topological polar surface area (TPSA) is 87.7 Å². The van der Waals surface area contributed by atoms with E-state index >= 15 is 0 Å². The molecule has 0 aliphatic rings. The molecule has 1 aromatic rings. The number of rotatable bonds is 9. The van der Waals surface area contributed by atoms with Gasteiger partial charge in [-0.05, 0) is 65.5 Å². The summed E-state index contributed by atoms with van der Waals surface area (Å²) in [5.41, 5.74) is 0.411. The zero-order chi connectivity index (χ0) is 26.3. The van der Waals surface area contributed by atoms with Crippen LogP contribution >= 0.6 is 0 Å². The zero-order valence-electron chi connectivity index (χ0n) is 22.3. The number of nitrogens with zero attached hydrogens (tertiary/aromatic N) is 1. The number of hydrogen-bond acceptors (Lipinski definition) is 4. The molecule has 0 aliphatic heterocycles. The fourth-order valence-electron chi connectivity index (χ4n) is 3.54. The lowest BCUT2D eigenvalue weighted by molar-refractivity contribution is -0.143. The van der Waals surface area contributed by atoms with Crippen LogP contribution in [0.15, 0.2) is 36.9 Å². The molecule has 2 N–H and O–H groups in total. The minimum absolute atomic E-state index is 0.137. The molecule has 0 saturated heterocycles. The van der Waals surface area contributed by atoms with Crippen LogP contribution in [0, 0.1) is 12.8 Å². The Morgan fingerprint density at radius 2 is 1.71 bits per heavy atom. The van der Waals surface area contributed by atoms with Gasteiger partial charge in [-0.15, -0.1) is 6.58 Å². The van der Waals surface area contributed by atoms with Crippen LogP contribution in [0.1, 0.15) is 79.0 Å². The fourth-order valence-corrected chi connectivity index (χ4v) is 3.54. The van der Waals surface area contributed by atoms with E-state index in [0.29, 0.717) is 6.42 Å². The Balaban J connectivity index is 3.52. The molecule has 190 valence electrons. The third-order valence-electron chi connectivity index (χ3n) is 5.30. The summed E-state index contributed by atoms with van der Waals surface area (Å²) in [6.45, 7) is 20.7. The van der Waals surface area contributed by atoms with Gasteiger partial charge in [0.05, 0.1) is 0 Å². The third-order valence-corrected chi connectivity index (χ3v) is 5.30. The molecule has 0 radical (unpaired) electrons. The minimum Gasteiger partial charge on any atom is -0.444 e. The second-order valence-electron chi connectivity index (χ2n) is 10.8. The van der Waals surface area contributed by atoms with Gasteiger partial charge in [0, 0.05) is 12.1 Å². The molecular weight excluding hydrogens is 430 g/mol. The summed E-state index contributed by atoms with van der Waals surface area (Å²) in [5, 5.41) is 5.77. The number of amides is 3. The summed E-state index contributed by atoms with van der Waals surface area (Å²) in [5.74, 6) is -0.842. The van der Waals surface area contributed by atoms with Crippen LogP contribution in [-0.4, -0.2) is 46.5 Å². The molecule has 3 atom stereocenters. The number of hydrogen-bond donors (Lipinski definition) is 2. The predicted molar refractivity (Wildman–Crippen MR) is 136 cm³/mol. The smallest absolute Gasteiger partial charge is 0.408 e. The van der Waals surface area contributed by atoms with Gasteiger partial charge in [-0.25, -0.2) is 4.79 Å². The van der Waals surface area contributed by atoms with Gasteiger partial charge in [-0.2, -0.15) is 0 Å². The van der Waals surface area contributed by atoms with Crippen molar-refractivity contribution in [2.45, 2.75) is 92.0 Å². The van der Waals surface area contributed by atoms with E-state index < -0.39 is 29.3 Å². The van der Waals surface area contributed by atoms with Crippen LogP contribution < -0.4 is 10.6 Å². The lowest BCUT2D eigenvalue weighted by atomic mass is 9.94. The summed E-state index contributed by atoms with van der Waals surface area (Å²) >= 11 is 0. The minimum atomic E-state index is -0.891. The molecule has 34 heavy (non-hydrogen) atoms. The Kier molecular flexibility index (Phi) is 10.3. The highest BCUT2D eigenvalue weighted by molar-refractivity contribution is 5.92. The lowest BCUT2D eigenvalue weighted by Crippen LogP contribution is -2.56. The Hall–Kier alpha value is -2.83. The molecule has 0 spiro atoms. The Morgan fingerprint density at radius 1 is 1.12 bits per heavy atom. The maximum Gasteiger partial charge on any atom is 0.408 e. The number of benzene rings is 1. The largest absolute Gasteiger partial charge is 0.444 e. The van der Waals surface area contributed by atoms with E-state index in [1.165, 1.54) is 4.90 Å². The van der Waals surface area contributed by atoms with Crippen LogP contribution in [-0.2, 0) is 14.3 Å². The SMILES string of the molecule is C=CCN(C(=O)C(NC(=O)OC(C)(C)C)C(C)CC)C(C(=O)NC(C)(C)C)c1ccccc1C. The maximum absolute atomic E-state index is 14.0. The third kappa shape index (κ3) is 8.84. The Labute approximate surface area is 205 Å². The lowest BCUT2D eigenvalue weighted by Gasteiger charge is -2.37. The molecule has 0 bridgehead atoms. The van der Waals surface area contributed by atoms with Crippen LogP contribution in [0.3, 0.4) is 0 Å². The van der Waals surface area contributed by atoms with E-state index in [1.54, 1.807) is 26.8 Å². The first-order valence-electron chi connectivity index (χ1n) is 11.9. The average Bonchev–Trinajstić information content (AvgIpc) is 2.69. The molecule has 1 aromatic carbocycles. The van der Waals surface area contributed by atoms with E-state index in [0.717, 1.165) is 11.1 Å². The van der Waals surface area contributed by atoms with Crippen molar-refractivity contribution in [3.8, 4) is 0 Å². The van der Waals surface area contributed by atoms with E-state index in [-0.39, 0.29) is 24.3 Å². The maximum atomic E-state index is 14.0. The number of carbonyl (C=O) groups is 3. The number of alkyl carbamates (subject to hydrolysis) is 1. The monoisotopic (exact) mass is 473 g/mol. The number of ether oxygens (including phenoxy) is 1.